The van der Waals surface area contributed by atoms with E-state index < -0.39 is 0 Å². The zero-order chi connectivity index (χ0) is 20.1. The second kappa shape index (κ2) is 9.31. The van der Waals surface area contributed by atoms with Crippen LogP contribution in [0.3, 0.4) is 0 Å². The molecule has 1 amide bonds. The van der Waals surface area contributed by atoms with Crippen molar-refractivity contribution in [1.29, 1.82) is 0 Å². The minimum Gasteiger partial charge on any atom is -0.360 e. The zero-order valence-corrected chi connectivity index (χ0v) is 17.8. The highest BCUT2D eigenvalue weighted by atomic mass is 32.1. The van der Waals surface area contributed by atoms with Crippen LogP contribution in [0.25, 0.3) is 0 Å². The molecule has 2 aliphatic rings. The van der Waals surface area contributed by atoms with Crippen molar-refractivity contribution in [2.75, 3.05) is 56.1 Å². The topological polar surface area (TPSA) is 51.2 Å². The lowest BCUT2D eigenvalue weighted by atomic mass is 10.2. The number of aliphatic imine (C=N–C) groups is 1. The lowest BCUT2D eigenvalue weighted by Crippen LogP contribution is -2.52. The minimum absolute atomic E-state index is 0.219. The molecule has 4 rings (SSSR count). The van der Waals surface area contributed by atoms with Crippen molar-refractivity contribution < 1.29 is 4.79 Å². The highest BCUT2D eigenvalue weighted by molar-refractivity contribution is 7.14. The number of piperazine rings is 1. The van der Waals surface area contributed by atoms with Crippen LogP contribution in [0.4, 0.5) is 10.7 Å². The molecule has 2 aliphatic heterocycles. The Kier molecular flexibility index (Phi) is 6.34. The van der Waals surface area contributed by atoms with Gasteiger partial charge in [0.1, 0.15) is 0 Å². The first-order valence-electron chi connectivity index (χ1n) is 10.4. The molecule has 6 nitrogen and oxygen atoms in total. The predicted molar refractivity (Wildman–Crippen MR) is 121 cm³/mol. The van der Waals surface area contributed by atoms with Crippen molar-refractivity contribution in [1.82, 2.24) is 10.2 Å². The van der Waals surface area contributed by atoms with Crippen LogP contribution in [0.1, 0.15) is 18.4 Å². The summed E-state index contributed by atoms with van der Waals surface area (Å²) in [6.07, 6.45) is 2.33. The Balaban J connectivity index is 1.20. The van der Waals surface area contributed by atoms with Crippen LogP contribution in [0, 0.1) is 0 Å². The molecule has 1 fully saturated rings. The number of carbonyl (C=O) groups is 1. The number of para-hydroxylation sites is 1. The molecule has 1 aromatic carbocycles. The third-order valence-electron chi connectivity index (χ3n) is 5.65. The number of thiophene rings is 1. The van der Waals surface area contributed by atoms with E-state index in [1.54, 1.807) is 11.3 Å². The molecule has 0 radical (unpaired) electrons. The number of anilines is 2. The predicted octanol–water partition coefficient (Wildman–Crippen LogP) is 2.82. The normalized spacial score (nSPS) is 16.9. The average molecular weight is 412 g/mol. The summed E-state index contributed by atoms with van der Waals surface area (Å²) in [6.45, 7) is 5.51. The first-order chi connectivity index (χ1) is 14.3. The highest BCUT2D eigenvalue weighted by Gasteiger charge is 2.24. The summed E-state index contributed by atoms with van der Waals surface area (Å²) >= 11 is 1.80. The SMILES string of the molecule is CN=C(NCCCC(=O)N1CCc2ccccc21)N1CCN(c2cccs2)CC1. The molecule has 154 valence electrons. The van der Waals surface area contributed by atoms with Gasteiger partial charge in [-0.25, -0.2) is 0 Å². The van der Waals surface area contributed by atoms with Crippen LogP contribution >= 0.6 is 11.3 Å². The third-order valence-corrected chi connectivity index (χ3v) is 6.58. The second-order valence-electron chi connectivity index (χ2n) is 7.43. The summed E-state index contributed by atoms with van der Waals surface area (Å²) in [7, 11) is 1.83. The number of nitrogens with one attached hydrogen (secondary N) is 1. The lowest BCUT2D eigenvalue weighted by molar-refractivity contribution is -0.118. The maximum Gasteiger partial charge on any atom is 0.227 e. The Morgan fingerprint density at radius 2 is 1.93 bits per heavy atom. The number of guanidine groups is 1. The van der Waals surface area contributed by atoms with Gasteiger partial charge in [-0.3, -0.25) is 9.79 Å². The number of rotatable bonds is 5. The van der Waals surface area contributed by atoms with E-state index in [0.29, 0.717) is 6.42 Å². The lowest BCUT2D eigenvalue weighted by Gasteiger charge is -2.37. The van der Waals surface area contributed by atoms with E-state index in [4.69, 9.17) is 0 Å². The number of hydrogen-bond donors (Lipinski definition) is 1. The number of nitrogens with zero attached hydrogens (tertiary/aromatic N) is 4. The Morgan fingerprint density at radius 1 is 1.10 bits per heavy atom. The molecule has 7 heteroatoms. The van der Waals surface area contributed by atoms with Gasteiger partial charge >= 0.3 is 0 Å². The van der Waals surface area contributed by atoms with Gasteiger partial charge in [-0.15, -0.1) is 11.3 Å². The molecule has 2 aromatic rings. The molecule has 29 heavy (non-hydrogen) atoms. The summed E-state index contributed by atoms with van der Waals surface area (Å²) in [4.78, 5) is 23.7. The van der Waals surface area contributed by atoms with Gasteiger partial charge in [-0.1, -0.05) is 18.2 Å². The molecule has 0 unspecified atom stereocenters. The van der Waals surface area contributed by atoms with Gasteiger partial charge in [0.05, 0.1) is 5.00 Å². The molecule has 3 heterocycles. The van der Waals surface area contributed by atoms with Gasteiger partial charge in [0.2, 0.25) is 5.91 Å². The van der Waals surface area contributed by atoms with Crippen molar-refractivity contribution in [3.05, 3.63) is 47.3 Å². The molecule has 0 bridgehead atoms. The number of amides is 1. The molecule has 1 aromatic heterocycles. The molecule has 0 aliphatic carbocycles. The fourth-order valence-corrected chi connectivity index (χ4v) is 4.88. The van der Waals surface area contributed by atoms with E-state index in [1.807, 2.05) is 24.1 Å². The van der Waals surface area contributed by atoms with Crippen molar-refractivity contribution in [2.45, 2.75) is 19.3 Å². The maximum atomic E-state index is 12.6. The van der Waals surface area contributed by atoms with Crippen LogP contribution in [0.2, 0.25) is 0 Å². The van der Waals surface area contributed by atoms with Crippen molar-refractivity contribution in [3.63, 3.8) is 0 Å². The Bertz CT molecular complexity index is 843. The van der Waals surface area contributed by atoms with Crippen molar-refractivity contribution >= 4 is 33.9 Å². The van der Waals surface area contributed by atoms with Gasteiger partial charge in [-0.05, 0) is 42.0 Å². The summed E-state index contributed by atoms with van der Waals surface area (Å²) in [5.74, 6) is 1.16. The molecule has 0 atom stereocenters. The van der Waals surface area contributed by atoms with E-state index >= 15 is 0 Å². The minimum atomic E-state index is 0.219. The second-order valence-corrected chi connectivity index (χ2v) is 8.35. The van der Waals surface area contributed by atoms with Crippen LogP contribution in [0.15, 0.2) is 46.8 Å². The standard InChI is InChI=1S/C22H29N5OS/c1-23-22(26-15-13-25(14-16-26)21-9-5-17-29-21)24-11-4-8-20(28)27-12-10-18-6-2-3-7-19(18)27/h2-3,5-7,9,17H,4,8,10-16H2,1H3,(H,23,24). The molecule has 1 N–H and O–H groups in total. The highest BCUT2D eigenvalue weighted by Crippen LogP contribution is 2.28. The van der Waals surface area contributed by atoms with Crippen molar-refractivity contribution in [2.24, 2.45) is 4.99 Å². The van der Waals surface area contributed by atoms with Crippen LogP contribution < -0.4 is 15.1 Å². The average Bonchev–Trinajstić information content (AvgIpc) is 3.44. The molecule has 0 spiro atoms. The summed E-state index contributed by atoms with van der Waals surface area (Å²) in [6, 6.07) is 12.5. The first-order valence-corrected chi connectivity index (χ1v) is 11.3. The summed E-state index contributed by atoms with van der Waals surface area (Å²) < 4.78 is 0. The first kappa shape index (κ1) is 19.8. The fourth-order valence-electron chi connectivity index (χ4n) is 4.09. The maximum absolute atomic E-state index is 12.6. The number of hydrogen-bond acceptors (Lipinski definition) is 4. The smallest absolute Gasteiger partial charge is 0.227 e. The van der Waals surface area contributed by atoms with Gasteiger partial charge in [-0.2, -0.15) is 0 Å². The summed E-state index contributed by atoms with van der Waals surface area (Å²) in [5, 5.41) is 6.91. The van der Waals surface area contributed by atoms with E-state index in [0.717, 1.165) is 63.8 Å². The number of carbonyl (C=O) groups excluding carboxylic acids is 1. The quantitative estimate of drug-likeness (QED) is 0.467. The van der Waals surface area contributed by atoms with Crippen molar-refractivity contribution in [3.8, 4) is 0 Å². The van der Waals surface area contributed by atoms with E-state index in [-0.39, 0.29) is 5.91 Å². The van der Waals surface area contributed by atoms with E-state index in [1.165, 1.54) is 10.6 Å². The summed E-state index contributed by atoms with van der Waals surface area (Å²) in [5.41, 5.74) is 2.37. The van der Waals surface area contributed by atoms with Gasteiger partial charge in [0, 0.05) is 58.4 Å². The largest absolute Gasteiger partial charge is 0.360 e. The fraction of sp³-hybridized carbons (Fsp3) is 0.455. The Labute approximate surface area is 176 Å². The number of fused-ring (bicyclic) bond motifs is 1. The van der Waals surface area contributed by atoms with E-state index in [9.17, 15) is 4.79 Å². The Morgan fingerprint density at radius 3 is 2.69 bits per heavy atom. The van der Waals surface area contributed by atoms with Crippen LogP contribution in [-0.4, -0.2) is 63.1 Å². The molecular weight excluding hydrogens is 382 g/mol. The molecular formula is C22H29N5OS. The van der Waals surface area contributed by atoms with E-state index in [2.05, 4.69) is 49.8 Å². The Hall–Kier alpha value is -2.54. The van der Waals surface area contributed by atoms with Crippen LogP contribution in [0.5, 0.6) is 0 Å². The molecule has 0 saturated carbocycles. The monoisotopic (exact) mass is 411 g/mol. The zero-order valence-electron chi connectivity index (χ0n) is 17.0. The molecule has 1 saturated heterocycles. The van der Waals surface area contributed by atoms with Crippen LogP contribution in [-0.2, 0) is 11.2 Å². The van der Waals surface area contributed by atoms with Gasteiger partial charge in [0.25, 0.3) is 0 Å². The number of benzene rings is 1. The van der Waals surface area contributed by atoms with Gasteiger partial charge in [0.15, 0.2) is 5.96 Å². The van der Waals surface area contributed by atoms with Gasteiger partial charge < -0.3 is 20.0 Å². The third kappa shape index (κ3) is 4.56.